The normalized spacial score (nSPS) is 18.6. The van der Waals surface area contributed by atoms with Crippen molar-refractivity contribution < 1.29 is 4.74 Å². The highest BCUT2D eigenvalue weighted by molar-refractivity contribution is 5.67. The summed E-state index contributed by atoms with van der Waals surface area (Å²) in [5, 5.41) is 0. The van der Waals surface area contributed by atoms with E-state index < -0.39 is 0 Å². The first kappa shape index (κ1) is 13.8. The van der Waals surface area contributed by atoms with Gasteiger partial charge in [0.15, 0.2) is 0 Å². The monoisotopic (exact) mass is 284 g/mol. The van der Waals surface area contributed by atoms with Crippen LogP contribution < -0.4 is 15.4 Å². The molecule has 1 saturated heterocycles. The SMILES string of the molecule is COc1ccccc1-c1ccnc(N2CCCC(N)C2)n1. The largest absolute Gasteiger partial charge is 0.496 e. The Morgan fingerprint density at radius 1 is 1.29 bits per heavy atom. The Hall–Kier alpha value is -2.14. The number of hydrogen-bond donors (Lipinski definition) is 1. The minimum Gasteiger partial charge on any atom is -0.496 e. The van der Waals surface area contributed by atoms with Crippen LogP contribution >= 0.6 is 0 Å². The van der Waals surface area contributed by atoms with Gasteiger partial charge in [0.05, 0.1) is 12.8 Å². The predicted molar refractivity (Wildman–Crippen MR) is 83.4 cm³/mol. The van der Waals surface area contributed by atoms with Crippen LogP contribution in [-0.2, 0) is 0 Å². The zero-order valence-corrected chi connectivity index (χ0v) is 12.2. The topological polar surface area (TPSA) is 64.3 Å². The number of methoxy groups -OCH3 is 1. The first-order valence-electron chi connectivity index (χ1n) is 7.25. The highest BCUT2D eigenvalue weighted by atomic mass is 16.5. The molecule has 2 heterocycles. The summed E-state index contributed by atoms with van der Waals surface area (Å²) < 4.78 is 5.41. The van der Waals surface area contributed by atoms with E-state index in [2.05, 4.69) is 14.9 Å². The first-order chi connectivity index (χ1) is 10.3. The van der Waals surface area contributed by atoms with E-state index in [4.69, 9.17) is 10.5 Å². The maximum absolute atomic E-state index is 6.04. The minimum atomic E-state index is 0.206. The molecule has 110 valence electrons. The zero-order valence-electron chi connectivity index (χ0n) is 12.2. The Labute approximate surface area is 124 Å². The Bertz CT molecular complexity index is 617. The van der Waals surface area contributed by atoms with Crippen molar-refractivity contribution in [2.45, 2.75) is 18.9 Å². The van der Waals surface area contributed by atoms with Gasteiger partial charge in [0, 0.05) is 30.9 Å². The van der Waals surface area contributed by atoms with E-state index in [1.807, 2.05) is 30.3 Å². The van der Waals surface area contributed by atoms with Gasteiger partial charge in [-0.2, -0.15) is 0 Å². The molecule has 1 aliphatic rings. The summed E-state index contributed by atoms with van der Waals surface area (Å²) in [5.41, 5.74) is 7.89. The average molecular weight is 284 g/mol. The van der Waals surface area contributed by atoms with Gasteiger partial charge in [-0.25, -0.2) is 9.97 Å². The van der Waals surface area contributed by atoms with Crippen molar-refractivity contribution in [3.05, 3.63) is 36.5 Å². The Morgan fingerprint density at radius 3 is 2.95 bits per heavy atom. The number of nitrogens with zero attached hydrogens (tertiary/aromatic N) is 3. The van der Waals surface area contributed by atoms with Crippen LogP contribution in [-0.4, -0.2) is 36.2 Å². The zero-order chi connectivity index (χ0) is 14.7. The molecule has 5 nitrogen and oxygen atoms in total. The van der Waals surface area contributed by atoms with Crippen molar-refractivity contribution in [2.75, 3.05) is 25.1 Å². The van der Waals surface area contributed by atoms with Crippen LogP contribution in [0.2, 0.25) is 0 Å². The number of piperidine rings is 1. The van der Waals surface area contributed by atoms with Gasteiger partial charge in [-0.15, -0.1) is 0 Å². The standard InChI is InChI=1S/C16H20N4O/c1-21-15-7-3-2-6-13(15)14-8-9-18-16(19-14)20-10-4-5-12(17)11-20/h2-3,6-9,12H,4-5,10-11,17H2,1H3. The molecule has 0 amide bonds. The average Bonchev–Trinajstić information content (AvgIpc) is 2.55. The summed E-state index contributed by atoms with van der Waals surface area (Å²) in [5.74, 6) is 1.56. The molecule has 1 aliphatic heterocycles. The van der Waals surface area contributed by atoms with Crippen LogP contribution in [0, 0.1) is 0 Å². The van der Waals surface area contributed by atoms with Crippen molar-refractivity contribution in [3.63, 3.8) is 0 Å². The Morgan fingerprint density at radius 2 is 2.14 bits per heavy atom. The number of benzene rings is 1. The van der Waals surface area contributed by atoms with Gasteiger partial charge in [-0.3, -0.25) is 0 Å². The highest BCUT2D eigenvalue weighted by Crippen LogP contribution is 2.29. The van der Waals surface area contributed by atoms with E-state index in [1.54, 1.807) is 13.3 Å². The van der Waals surface area contributed by atoms with Crippen LogP contribution in [0.15, 0.2) is 36.5 Å². The van der Waals surface area contributed by atoms with Crippen LogP contribution in [0.1, 0.15) is 12.8 Å². The summed E-state index contributed by atoms with van der Waals surface area (Å²) in [6.07, 6.45) is 3.95. The van der Waals surface area contributed by atoms with Gasteiger partial charge in [0.1, 0.15) is 5.75 Å². The summed E-state index contributed by atoms with van der Waals surface area (Å²) in [6.45, 7) is 1.78. The molecule has 1 aromatic heterocycles. The third-order valence-corrected chi connectivity index (χ3v) is 3.77. The number of para-hydroxylation sites is 1. The summed E-state index contributed by atoms with van der Waals surface area (Å²) in [7, 11) is 1.67. The third kappa shape index (κ3) is 2.97. The molecular formula is C16H20N4O. The van der Waals surface area contributed by atoms with Crippen molar-refractivity contribution in [1.82, 2.24) is 9.97 Å². The number of ether oxygens (including phenoxy) is 1. The van der Waals surface area contributed by atoms with Gasteiger partial charge < -0.3 is 15.4 Å². The van der Waals surface area contributed by atoms with Crippen LogP contribution in [0.4, 0.5) is 5.95 Å². The summed E-state index contributed by atoms with van der Waals surface area (Å²) in [6, 6.07) is 9.99. The molecule has 3 rings (SSSR count). The molecule has 2 N–H and O–H groups in total. The van der Waals surface area contributed by atoms with Crippen molar-refractivity contribution in [1.29, 1.82) is 0 Å². The van der Waals surface area contributed by atoms with E-state index in [0.29, 0.717) is 0 Å². The number of nitrogens with two attached hydrogens (primary N) is 1. The van der Waals surface area contributed by atoms with Crippen LogP contribution in [0.5, 0.6) is 5.75 Å². The van der Waals surface area contributed by atoms with Crippen molar-refractivity contribution in [2.24, 2.45) is 5.73 Å². The maximum atomic E-state index is 6.04. The minimum absolute atomic E-state index is 0.206. The van der Waals surface area contributed by atoms with Crippen molar-refractivity contribution in [3.8, 4) is 17.0 Å². The molecule has 1 unspecified atom stereocenters. The van der Waals surface area contributed by atoms with Gasteiger partial charge in [0.2, 0.25) is 5.95 Å². The molecule has 2 aromatic rings. The van der Waals surface area contributed by atoms with Crippen LogP contribution in [0.3, 0.4) is 0 Å². The molecule has 1 atom stereocenters. The molecular weight excluding hydrogens is 264 g/mol. The lowest BCUT2D eigenvalue weighted by molar-refractivity contribution is 0.416. The smallest absolute Gasteiger partial charge is 0.225 e. The van der Waals surface area contributed by atoms with Gasteiger partial charge in [-0.1, -0.05) is 12.1 Å². The highest BCUT2D eigenvalue weighted by Gasteiger charge is 2.19. The second-order valence-corrected chi connectivity index (χ2v) is 5.29. The van der Waals surface area contributed by atoms with Gasteiger partial charge in [0.25, 0.3) is 0 Å². The lowest BCUT2D eigenvalue weighted by Gasteiger charge is -2.30. The Kier molecular flexibility index (Phi) is 4.01. The van der Waals surface area contributed by atoms with E-state index in [-0.39, 0.29) is 6.04 Å². The molecule has 5 heteroatoms. The van der Waals surface area contributed by atoms with E-state index in [9.17, 15) is 0 Å². The second kappa shape index (κ2) is 6.10. The molecule has 0 aliphatic carbocycles. The van der Waals surface area contributed by atoms with Gasteiger partial charge >= 0.3 is 0 Å². The summed E-state index contributed by atoms with van der Waals surface area (Å²) >= 11 is 0. The lowest BCUT2D eigenvalue weighted by Crippen LogP contribution is -2.43. The molecule has 0 radical (unpaired) electrons. The first-order valence-corrected chi connectivity index (χ1v) is 7.25. The van der Waals surface area contributed by atoms with Gasteiger partial charge in [-0.05, 0) is 31.0 Å². The lowest BCUT2D eigenvalue weighted by atomic mass is 10.1. The molecule has 1 fully saturated rings. The van der Waals surface area contributed by atoms with Crippen LogP contribution in [0.25, 0.3) is 11.3 Å². The molecule has 1 aromatic carbocycles. The van der Waals surface area contributed by atoms with E-state index in [0.717, 1.165) is 48.9 Å². The summed E-state index contributed by atoms with van der Waals surface area (Å²) in [4.78, 5) is 11.2. The number of rotatable bonds is 3. The van der Waals surface area contributed by atoms with E-state index >= 15 is 0 Å². The molecule has 21 heavy (non-hydrogen) atoms. The molecule has 0 spiro atoms. The fraction of sp³-hybridized carbons (Fsp3) is 0.375. The van der Waals surface area contributed by atoms with E-state index in [1.165, 1.54) is 0 Å². The van der Waals surface area contributed by atoms with Crippen molar-refractivity contribution >= 4 is 5.95 Å². The molecule has 0 bridgehead atoms. The Balaban J connectivity index is 1.92. The number of hydrogen-bond acceptors (Lipinski definition) is 5. The number of anilines is 1. The predicted octanol–water partition coefficient (Wildman–Crippen LogP) is 2.08. The molecule has 0 saturated carbocycles. The maximum Gasteiger partial charge on any atom is 0.225 e. The second-order valence-electron chi connectivity index (χ2n) is 5.29. The third-order valence-electron chi connectivity index (χ3n) is 3.77. The fourth-order valence-electron chi connectivity index (χ4n) is 2.70. The fourth-order valence-corrected chi connectivity index (χ4v) is 2.70. The number of aromatic nitrogens is 2. The quantitative estimate of drug-likeness (QED) is 0.935.